The first kappa shape index (κ1) is 13.3. The third-order valence-corrected chi connectivity index (χ3v) is 3.15. The van der Waals surface area contributed by atoms with Gasteiger partial charge in [0.1, 0.15) is 0 Å². The molecule has 85 valence electrons. The smallest absolute Gasteiger partial charge is 0.0765 e. The molecule has 0 bridgehead atoms. The molecule has 3 heteroatoms. The number of likely N-dealkylation sites (N-methyl/N-ethyl adjacent to an activating group) is 1. The molecule has 0 spiro atoms. The van der Waals surface area contributed by atoms with Gasteiger partial charge < -0.3 is 5.11 Å². The first-order chi connectivity index (χ1) is 7.05. The zero-order chi connectivity index (χ0) is 11.1. The maximum absolute atomic E-state index is 10.0. The summed E-state index contributed by atoms with van der Waals surface area (Å²) >= 11 is 0. The average Bonchev–Trinajstić information content (AvgIpc) is 2.92. The molecule has 0 aliphatic carbocycles. The van der Waals surface area contributed by atoms with E-state index in [0.717, 1.165) is 6.54 Å². The molecule has 1 saturated heterocycles. The normalized spacial score (nSPS) is 28.4. The Morgan fingerprint density at radius 2 is 1.81 bits per heavy atom. The molecule has 1 heterocycles. The molecule has 1 unspecified atom stereocenters. The van der Waals surface area contributed by atoms with E-state index >= 15 is 0 Å². The van der Waals surface area contributed by atoms with E-state index in [1.165, 1.54) is 5.56 Å². The van der Waals surface area contributed by atoms with E-state index in [-0.39, 0.29) is 14.5 Å². The zero-order valence-electron chi connectivity index (χ0n) is 10.2. The number of hydrogen-bond donors (Lipinski definition) is 1. The molecule has 1 aliphatic rings. The molecular formula is C13H19BNO. The predicted molar refractivity (Wildman–Crippen MR) is 67.4 cm³/mol. The summed E-state index contributed by atoms with van der Waals surface area (Å²) in [6.45, 7) is 6.92. The number of benzene rings is 1. The van der Waals surface area contributed by atoms with Crippen LogP contribution < -0.4 is 0 Å². The van der Waals surface area contributed by atoms with E-state index in [0.29, 0.717) is 6.04 Å². The summed E-state index contributed by atoms with van der Waals surface area (Å²) in [7, 11) is 0. The fourth-order valence-corrected chi connectivity index (χ4v) is 2.49. The van der Waals surface area contributed by atoms with Crippen LogP contribution in [0.25, 0.3) is 0 Å². The van der Waals surface area contributed by atoms with Crippen LogP contribution in [0.5, 0.6) is 0 Å². The van der Waals surface area contributed by atoms with Gasteiger partial charge in [-0.3, -0.25) is 4.90 Å². The van der Waals surface area contributed by atoms with Gasteiger partial charge in [-0.2, -0.15) is 0 Å². The number of nitrogens with zero attached hydrogens (tertiary/aromatic N) is 1. The van der Waals surface area contributed by atoms with Gasteiger partial charge in [-0.25, -0.2) is 0 Å². The monoisotopic (exact) mass is 216 g/mol. The van der Waals surface area contributed by atoms with Gasteiger partial charge in [-0.1, -0.05) is 37.3 Å². The lowest BCUT2D eigenvalue weighted by atomic mass is 9.99. The van der Waals surface area contributed by atoms with E-state index in [4.69, 9.17) is 0 Å². The van der Waals surface area contributed by atoms with Gasteiger partial charge in [0.2, 0.25) is 0 Å². The van der Waals surface area contributed by atoms with Crippen molar-refractivity contribution in [2.45, 2.75) is 38.5 Å². The lowest BCUT2D eigenvalue weighted by molar-refractivity contribution is 0.0644. The SMILES string of the molecule is CCN1[C@H](C(C)(C)O)[C@@H]1c1ccccc1.[B]. The van der Waals surface area contributed by atoms with E-state index < -0.39 is 5.60 Å². The second-order valence-electron chi connectivity index (χ2n) is 4.78. The number of hydrogen-bond acceptors (Lipinski definition) is 2. The lowest BCUT2D eigenvalue weighted by Gasteiger charge is -2.16. The Morgan fingerprint density at radius 3 is 2.19 bits per heavy atom. The van der Waals surface area contributed by atoms with Crippen LogP contribution in [-0.2, 0) is 0 Å². The standard InChI is InChI=1S/C13H19NO.B/c1-4-14-11(12(14)13(2,3)15)10-8-6-5-7-9-10;/h5-9,11-12,15H,4H2,1-3H3;/t11-,12-,14?;/m0./s1. The van der Waals surface area contributed by atoms with E-state index in [9.17, 15) is 5.11 Å². The van der Waals surface area contributed by atoms with Crippen LogP contribution in [0.3, 0.4) is 0 Å². The topological polar surface area (TPSA) is 23.2 Å². The van der Waals surface area contributed by atoms with Gasteiger partial charge in [0.25, 0.3) is 0 Å². The molecule has 1 aromatic rings. The van der Waals surface area contributed by atoms with Gasteiger partial charge >= 0.3 is 0 Å². The third kappa shape index (κ3) is 2.31. The van der Waals surface area contributed by atoms with Gasteiger partial charge in [-0.05, 0) is 26.0 Å². The molecule has 0 aromatic heterocycles. The van der Waals surface area contributed by atoms with Gasteiger partial charge in [0.05, 0.1) is 17.7 Å². The summed E-state index contributed by atoms with van der Waals surface area (Å²) < 4.78 is 0. The molecule has 2 rings (SSSR count). The second-order valence-corrected chi connectivity index (χ2v) is 4.78. The Morgan fingerprint density at radius 1 is 1.25 bits per heavy atom. The van der Waals surface area contributed by atoms with Crippen molar-refractivity contribution in [3.8, 4) is 0 Å². The highest BCUT2D eigenvalue weighted by Gasteiger charge is 2.54. The van der Waals surface area contributed by atoms with Crippen LogP contribution in [0.15, 0.2) is 30.3 Å². The van der Waals surface area contributed by atoms with Crippen molar-refractivity contribution < 1.29 is 5.11 Å². The summed E-state index contributed by atoms with van der Waals surface area (Å²) in [5.41, 5.74) is 0.697. The van der Waals surface area contributed by atoms with Crippen molar-refractivity contribution in [2.75, 3.05) is 6.54 Å². The van der Waals surface area contributed by atoms with Crippen LogP contribution in [0.4, 0.5) is 0 Å². The maximum Gasteiger partial charge on any atom is 0.0765 e. The fraction of sp³-hybridized carbons (Fsp3) is 0.538. The van der Waals surface area contributed by atoms with Crippen molar-refractivity contribution in [3.05, 3.63) is 35.9 Å². The van der Waals surface area contributed by atoms with Crippen LogP contribution >= 0.6 is 0 Å². The molecule has 3 radical (unpaired) electrons. The summed E-state index contributed by atoms with van der Waals surface area (Å²) in [6.07, 6.45) is 0. The van der Waals surface area contributed by atoms with Gasteiger partial charge in [-0.15, -0.1) is 0 Å². The predicted octanol–water partition coefficient (Wildman–Crippen LogP) is 1.82. The maximum atomic E-state index is 10.0. The fourth-order valence-electron chi connectivity index (χ4n) is 2.49. The molecule has 2 nitrogen and oxygen atoms in total. The number of rotatable bonds is 3. The molecule has 0 amide bonds. The molecule has 1 aromatic carbocycles. The van der Waals surface area contributed by atoms with Crippen LogP contribution in [0.1, 0.15) is 32.4 Å². The van der Waals surface area contributed by atoms with Crippen LogP contribution in [0, 0.1) is 0 Å². The van der Waals surface area contributed by atoms with Crippen LogP contribution in [-0.4, -0.2) is 36.6 Å². The first-order valence-corrected chi connectivity index (χ1v) is 5.58. The third-order valence-electron chi connectivity index (χ3n) is 3.15. The lowest BCUT2D eigenvalue weighted by Crippen LogP contribution is -2.29. The summed E-state index contributed by atoms with van der Waals surface area (Å²) in [5, 5.41) is 10.0. The van der Waals surface area contributed by atoms with Gasteiger partial charge in [0.15, 0.2) is 0 Å². The van der Waals surface area contributed by atoms with Crippen molar-refractivity contribution in [3.63, 3.8) is 0 Å². The Bertz CT molecular complexity index is 334. The van der Waals surface area contributed by atoms with Crippen LogP contribution in [0.2, 0.25) is 0 Å². The van der Waals surface area contributed by atoms with E-state index in [1.54, 1.807) is 0 Å². The Balaban J connectivity index is 0.00000128. The van der Waals surface area contributed by atoms with Crippen molar-refractivity contribution >= 4 is 8.41 Å². The zero-order valence-corrected chi connectivity index (χ0v) is 10.2. The van der Waals surface area contributed by atoms with Gasteiger partial charge in [0, 0.05) is 8.41 Å². The quantitative estimate of drug-likeness (QED) is 0.615. The molecule has 1 aliphatic heterocycles. The molecule has 16 heavy (non-hydrogen) atoms. The minimum absolute atomic E-state index is 0. The minimum atomic E-state index is -0.615. The Hall–Kier alpha value is -0.795. The number of aliphatic hydroxyl groups is 1. The second kappa shape index (κ2) is 4.60. The molecule has 0 saturated carbocycles. The Labute approximate surface area is 99.9 Å². The highest BCUT2D eigenvalue weighted by molar-refractivity contribution is 5.75. The van der Waals surface area contributed by atoms with Crippen molar-refractivity contribution in [1.82, 2.24) is 4.90 Å². The summed E-state index contributed by atoms with van der Waals surface area (Å²) in [6, 6.07) is 11.1. The molecule has 3 atom stereocenters. The molecule has 1 fully saturated rings. The Kier molecular flexibility index (Phi) is 3.82. The highest BCUT2D eigenvalue weighted by Crippen LogP contribution is 2.47. The summed E-state index contributed by atoms with van der Waals surface area (Å²) in [4.78, 5) is 2.33. The minimum Gasteiger partial charge on any atom is -0.389 e. The molecule has 1 N–H and O–H groups in total. The highest BCUT2D eigenvalue weighted by atomic mass is 16.3. The molecular weight excluding hydrogens is 197 g/mol. The van der Waals surface area contributed by atoms with E-state index in [2.05, 4.69) is 36.1 Å². The van der Waals surface area contributed by atoms with E-state index in [1.807, 2.05) is 19.9 Å². The average molecular weight is 216 g/mol. The summed E-state index contributed by atoms with van der Waals surface area (Å²) in [5.74, 6) is 0. The largest absolute Gasteiger partial charge is 0.389 e. The first-order valence-electron chi connectivity index (χ1n) is 5.58. The van der Waals surface area contributed by atoms with Crippen molar-refractivity contribution in [1.29, 1.82) is 0 Å². The van der Waals surface area contributed by atoms with Crippen molar-refractivity contribution in [2.24, 2.45) is 0 Å².